The fourth-order valence-electron chi connectivity index (χ4n) is 3.60. The Bertz CT molecular complexity index is 701. The minimum Gasteiger partial charge on any atom is -0.351 e. The van der Waals surface area contributed by atoms with Crippen LogP contribution in [0.3, 0.4) is 0 Å². The van der Waals surface area contributed by atoms with Gasteiger partial charge in [0, 0.05) is 24.0 Å². The first-order chi connectivity index (χ1) is 12.6. The molecular formula is C22H35N3O. The van der Waals surface area contributed by atoms with E-state index in [0.29, 0.717) is 0 Å². The van der Waals surface area contributed by atoms with E-state index in [-0.39, 0.29) is 5.91 Å². The molecule has 1 aromatic heterocycles. The number of para-hydroxylation sites is 1. The molecule has 0 radical (unpaired) electrons. The molecular weight excluding hydrogens is 322 g/mol. The van der Waals surface area contributed by atoms with Crippen LogP contribution in [0.4, 0.5) is 0 Å². The molecule has 1 N–H and O–H groups in total. The molecule has 1 amide bonds. The normalized spacial score (nSPS) is 11.4. The second-order valence-electron chi connectivity index (χ2n) is 6.99. The van der Waals surface area contributed by atoms with Gasteiger partial charge in [-0.2, -0.15) is 0 Å². The Kier molecular flexibility index (Phi) is 8.17. The van der Waals surface area contributed by atoms with Crippen LogP contribution >= 0.6 is 0 Å². The van der Waals surface area contributed by atoms with Crippen molar-refractivity contribution in [2.45, 2.75) is 59.9 Å². The van der Waals surface area contributed by atoms with Crippen LogP contribution in [-0.2, 0) is 6.54 Å². The SMILES string of the molecule is CCCCn1c(C(=O)NCCCCN(CC)CC)c(C)c2ccccc21. The number of carbonyl (C=O) groups excluding carboxylic acids is 1. The van der Waals surface area contributed by atoms with E-state index in [1.165, 1.54) is 10.9 Å². The molecule has 0 unspecified atom stereocenters. The van der Waals surface area contributed by atoms with E-state index in [2.05, 4.69) is 60.7 Å². The van der Waals surface area contributed by atoms with Crippen molar-refractivity contribution < 1.29 is 4.79 Å². The van der Waals surface area contributed by atoms with E-state index in [9.17, 15) is 4.79 Å². The Morgan fingerprint density at radius 3 is 2.50 bits per heavy atom. The fourth-order valence-corrected chi connectivity index (χ4v) is 3.60. The summed E-state index contributed by atoms with van der Waals surface area (Å²) in [5, 5.41) is 4.34. The van der Waals surface area contributed by atoms with Crippen LogP contribution in [0.2, 0.25) is 0 Å². The second-order valence-corrected chi connectivity index (χ2v) is 6.99. The van der Waals surface area contributed by atoms with Gasteiger partial charge in [-0.15, -0.1) is 0 Å². The maximum Gasteiger partial charge on any atom is 0.268 e. The van der Waals surface area contributed by atoms with E-state index in [1.807, 2.05) is 6.07 Å². The Morgan fingerprint density at radius 1 is 1.08 bits per heavy atom. The lowest BCUT2D eigenvalue weighted by Crippen LogP contribution is -2.29. The number of aromatic nitrogens is 1. The summed E-state index contributed by atoms with van der Waals surface area (Å²) in [4.78, 5) is 15.3. The number of amides is 1. The van der Waals surface area contributed by atoms with Crippen molar-refractivity contribution in [2.75, 3.05) is 26.2 Å². The standard InChI is InChI=1S/C22H35N3O/c1-5-8-17-25-20-14-10-9-13-19(20)18(4)21(25)22(26)23-15-11-12-16-24(6-2)7-3/h9-10,13-14H,5-8,11-12,15-17H2,1-4H3,(H,23,26). The number of carbonyl (C=O) groups is 1. The van der Waals surface area contributed by atoms with Gasteiger partial charge in [-0.25, -0.2) is 0 Å². The average molecular weight is 358 g/mol. The van der Waals surface area contributed by atoms with Crippen molar-refractivity contribution >= 4 is 16.8 Å². The zero-order valence-corrected chi connectivity index (χ0v) is 17.0. The molecule has 2 rings (SSSR count). The third-order valence-corrected chi connectivity index (χ3v) is 5.26. The van der Waals surface area contributed by atoms with Crippen molar-refractivity contribution in [1.82, 2.24) is 14.8 Å². The van der Waals surface area contributed by atoms with Gasteiger partial charge in [-0.1, -0.05) is 45.4 Å². The summed E-state index contributed by atoms with van der Waals surface area (Å²) >= 11 is 0. The van der Waals surface area contributed by atoms with Crippen LogP contribution in [0.1, 0.15) is 62.5 Å². The van der Waals surface area contributed by atoms with E-state index >= 15 is 0 Å². The molecule has 0 aliphatic heterocycles. The molecule has 0 aliphatic carbocycles. The lowest BCUT2D eigenvalue weighted by Gasteiger charge is -2.17. The number of rotatable bonds is 11. The van der Waals surface area contributed by atoms with Gasteiger partial charge in [-0.05, 0) is 57.5 Å². The first-order valence-electron chi connectivity index (χ1n) is 10.2. The molecule has 0 saturated heterocycles. The zero-order valence-electron chi connectivity index (χ0n) is 17.0. The van der Waals surface area contributed by atoms with E-state index in [0.717, 1.165) is 69.7 Å². The quantitative estimate of drug-likeness (QED) is 0.597. The maximum absolute atomic E-state index is 12.9. The van der Waals surface area contributed by atoms with E-state index in [1.54, 1.807) is 0 Å². The largest absolute Gasteiger partial charge is 0.351 e. The molecule has 0 bridgehead atoms. The number of hydrogen-bond acceptors (Lipinski definition) is 2. The first-order valence-corrected chi connectivity index (χ1v) is 10.2. The molecule has 2 aromatic rings. The molecule has 0 spiro atoms. The van der Waals surface area contributed by atoms with Crippen LogP contribution < -0.4 is 5.32 Å². The molecule has 26 heavy (non-hydrogen) atoms. The van der Waals surface area contributed by atoms with Gasteiger partial charge >= 0.3 is 0 Å². The highest BCUT2D eigenvalue weighted by molar-refractivity contribution is 6.01. The number of unbranched alkanes of at least 4 members (excludes halogenated alkanes) is 2. The summed E-state index contributed by atoms with van der Waals surface area (Å²) in [6.45, 7) is 13.6. The molecule has 0 saturated carbocycles. The van der Waals surface area contributed by atoms with Gasteiger partial charge in [0.15, 0.2) is 0 Å². The number of nitrogens with zero attached hydrogens (tertiary/aromatic N) is 2. The smallest absolute Gasteiger partial charge is 0.268 e. The van der Waals surface area contributed by atoms with Gasteiger partial charge < -0.3 is 14.8 Å². The van der Waals surface area contributed by atoms with Crippen LogP contribution in [-0.4, -0.2) is 41.6 Å². The third kappa shape index (κ3) is 4.88. The lowest BCUT2D eigenvalue weighted by molar-refractivity contribution is 0.0943. The van der Waals surface area contributed by atoms with E-state index in [4.69, 9.17) is 0 Å². The third-order valence-electron chi connectivity index (χ3n) is 5.26. The molecule has 1 aromatic carbocycles. The summed E-state index contributed by atoms with van der Waals surface area (Å²) in [7, 11) is 0. The topological polar surface area (TPSA) is 37.3 Å². The summed E-state index contributed by atoms with van der Waals surface area (Å²) in [6, 6.07) is 8.35. The molecule has 0 fully saturated rings. The Hall–Kier alpha value is -1.81. The minimum atomic E-state index is 0.0673. The van der Waals surface area contributed by atoms with Crippen molar-refractivity contribution in [3.63, 3.8) is 0 Å². The van der Waals surface area contributed by atoms with E-state index < -0.39 is 0 Å². The highest BCUT2D eigenvalue weighted by Gasteiger charge is 2.19. The summed E-state index contributed by atoms with van der Waals surface area (Å²) in [6.07, 6.45) is 4.36. The predicted octanol–water partition coefficient (Wildman–Crippen LogP) is 4.60. The van der Waals surface area contributed by atoms with Crippen LogP contribution in [0.25, 0.3) is 10.9 Å². The second kappa shape index (κ2) is 10.4. The molecule has 1 heterocycles. The number of hydrogen-bond donors (Lipinski definition) is 1. The molecule has 144 valence electrons. The summed E-state index contributed by atoms with van der Waals surface area (Å²) in [5.41, 5.74) is 3.10. The van der Waals surface area contributed by atoms with Crippen molar-refractivity contribution in [1.29, 1.82) is 0 Å². The molecule has 0 atom stereocenters. The highest BCUT2D eigenvalue weighted by Crippen LogP contribution is 2.26. The Labute approximate surface area is 158 Å². The number of nitrogens with one attached hydrogen (secondary N) is 1. The van der Waals surface area contributed by atoms with Crippen LogP contribution in [0.5, 0.6) is 0 Å². The van der Waals surface area contributed by atoms with Crippen molar-refractivity contribution in [3.05, 3.63) is 35.5 Å². The number of fused-ring (bicyclic) bond motifs is 1. The van der Waals surface area contributed by atoms with Crippen molar-refractivity contribution in [3.8, 4) is 0 Å². The first kappa shape index (κ1) is 20.5. The van der Waals surface area contributed by atoms with Crippen LogP contribution in [0, 0.1) is 6.92 Å². The fraction of sp³-hybridized carbons (Fsp3) is 0.591. The van der Waals surface area contributed by atoms with Gasteiger partial charge in [0.25, 0.3) is 5.91 Å². The minimum absolute atomic E-state index is 0.0673. The van der Waals surface area contributed by atoms with Gasteiger partial charge in [0.05, 0.1) is 0 Å². The Balaban J connectivity index is 2.03. The maximum atomic E-state index is 12.9. The number of aryl methyl sites for hydroxylation is 2. The van der Waals surface area contributed by atoms with Crippen LogP contribution in [0.15, 0.2) is 24.3 Å². The molecule has 4 nitrogen and oxygen atoms in total. The number of benzene rings is 1. The summed E-state index contributed by atoms with van der Waals surface area (Å²) in [5.74, 6) is 0.0673. The zero-order chi connectivity index (χ0) is 18.9. The van der Waals surface area contributed by atoms with Gasteiger partial charge in [0.1, 0.15) is 5.69 Å². The lowest BCUT2D eigenvalue weighted by atomic mass is 10.1. The summed E-state index contributed by atoms with van der Waals surface area (Å²) < 4.78 is 2.21. The highest BCUT2D eigenvalue weighted by atomic mass is 16.1. The molecule has 4 heteroatoms. The Morgan fingerprint density at radius 2 is 1.81 bits per heavy atom. The van der Waals surface area contributed by atoms with Crippen molar-refractivity contribution in [2.24, 2.45) is 0 Å². The van der Waals surface area contributed by atoms with Gasteiger partial charge in [-0.3, -0.25) is 4.79 Å². The molecule has 0 aliphatic rings. The van der Waals surface area contributed by atoms with Gasteiger partial charge in [0.2, 0.25) is 0 Å². The monoisotopic (exact) mass is 357 g/mol. The predicted molar refractivity (Wildman–Crippen MR) is 111 cm³/mol. The average Bonchev–Trinajstić information content (AvgIpc) is 2.95.